The lowest BCUT2D eigenvalue weighted by atomic mass is 9.97. The molecular weight excluding hydrogens is 287 g/mol. The molecule has 0 aliphatic heterocycles. The van der Waals surface area contributed by atoms with Crippen LogP contribution in [0.15, 0.2) is 36.4 Å². The Hall–Kier alpha value is -0.980. The van der Waals surface area contributed by atoms with E-state index in [9.17, 15) is 0 Å². The van der Waals surface area contributed by atoms with E-state index in [1.54, 1.807) is 0 Å². The molecule has 2 aromatic rings. The summed E-state index contributed by atoms with van der Waals surface area (Å²) >= 11 is 12.6. The molecule has 0 fully saturated rings. The molecule has 0 saturated heterocycles. The number of aryl methyl sites for hydroxylation is 3. The zero-order chi connectivity index (χ0) is 14.5. The smallest absolute Gasteiger partial charge is 0.0440 e. The molecule has 0 atom stereocenters. The lowest BCUT2D eigenvalue weighted by Crippen LogP contribution is -1.98. The van der Waals surface area contributed by atoms with E-state index in [0.717, 1.165) is 35.7 Å². The Balaban J connectivity index is 2.15. The van der Waals surface area contributed by atoms with Crippen molar-refractivity contribution in [3.8, 4) is 0 Å². The van der Waals surface area contributed by atoms with Gasteiger partial charge in [-0.15, -0.1) is 0 Å². The summed E-state index contributed by atoms with van der Waals surface area (Å²) in [4.78, 5) is 0. The van der Waals surface area contributed by atoms with Crippen LogP contribution in [0.25, 0.3) is 0 Å². The van der Waals surface area contributed by atoms with Gasteiger partial charge < -0.3 is 0 Å². The zero-order valence-electron chi connectivity index (χ0n) is 12.0. The van der Waals surface area contributed by atoms with Gasteiger partial charge in [0.25, 0.3) is 0 Å². The minimum absolute atomic E-state index is 0.873. The van der Waals surface area contributed by atoms with Crippen LogP contribution in [0.5, 0.6) is 0 Å². The standard InChI is InChI=1S/C18H20Cl2/c1-3-13-8-9-15(18(20)12-13)11-10-14-6-5-7-17(19)16(14)4-2/h5-9,12H,3-4,10-11H2,1-2H3. The van der Waals surface area contributed by atoms with Crippen LogP contribution in [-0.2, 0) is 25.7 Å². The molecule has 0 N–H and O–H groups in total. The molecule has 0 bridgehead atoms. The molecular formula is C18H20Cl2. The van der Waals surface area contributed by atoms with E-state index in [1.165, 1.54) is 22.3 Å². The van der Waals surface area contributed by atoms with Gasteiger partial charge in [-0.2, -0.15) is 0 Å². The average Bonchev–Trinajstić information content (AvgIpc) is 2.46. The first-order valence-corrected chi connectivity index (χ1v) is 7.94. The normalized spacial score (nSPS) is 10.8. The average molecular weight is 307 g/mol. The highest BCUT2D eigenvalue weighted by Crippen LogP contribution is 2.24. The van der Waals surface area contributed by atoms with E-state index >= 15 is 0 Å². The second-order valence-corrected chi connectivity index (χ2v) is 5.82. The van der Waals surface area contributed by atoms with E-state index in [0.29, 0.717) is 0 Å². The zero-order valence-corrected chi connectivity index (χ0v) is 13.6. The maximum atomic E-state index is 6.35. The van der Waals surface area contributed by atoms with Gasteiger partial charge in [-0.05, 0) is 60.1 Å². The molecule has 0 unspecified atom stereocenters. The van der Waals surface area contributed by atoms with Crippen LogP contribution in [0.1, 0.15) is 36.1 Å². The van der Waals surface area contributed by atoms with Crippen LogP contribution in [0, 0.1) is 0 Å². The van der Waals surface area contributed by atoms with Gasteiger partial charge in [-0.3, -0.25) is 0 Å². The van der Waals surface area contributed by atoms with Crippen molar-refractivity contribution in [3.05, 3.63) is 68.7 Å². The minimum atomic E-state index is 0.873. The van der Waals surface area contributed by atoms with Gasteiger partial charge in [0, 0.05) is 10.0 Å². The van der Waals surface area contributed by atoms with Crippen LogP contribution >= 0.6 is 23.2 Å². The van der Waals surface area contributed by atoms with Gasteiger partial charge in [-0.25, -0.2) is 0 Å². The van der Waals surface area contributed by atoms with Gasteiger partial charge in [0.05, 0.1) is 0 Å². The third-order valence-electron chi connectivity index (χ3n) is 3.76. The largest absolute Gasteiger partial charge is 0.0840 e. The number of benzene rings is 2. The number of halogens is 2. The first-order valence-electron chi connectivity index (χ1n) is 7.19. The monoisotopic (exact) mass is 306 g/mol. The minimum Gasteiger partial charge on any atom is -0.0840 e. The van der Waals surface area contributed by atoms with E-state index in [-0.39, 0.29) is 0 Å². The molecule has 2 rings (SSSR count). The Morgan fingerprint density at radius 3 is 2.20 bits per heavy atom. The molecule has 0 radical (unpaired) electrons. The third kappa shape index (κ3) is 3.56. The first kappa shape index (κ1) is 15.4. The Kier molecular flexibility index (Phi) is 5.51. The Morgan fingerprint density at radius 2 is 1.55 bits per heavy atom. The fourth-order valence-corrected chi connectivity index (χ4v) is 3.14. The van der Waals surface area contributed by atoms with Crippen molar-refractivity contribution >= 4 is 23.2 Å². The summed E-state index contributed by atoms with van der Waals surface area (Å²) in [5.41, 5.74) is 5.09. The van der Waals surface area contributed by atoms with E-state index < -0.39 is 0 Å². The predicted molar refractivity (Wildman–Crippen MR) is 89.1 cm³/mol. The van der Waals surface area contributed by atoms with Gasteiger partial charge in [0.1, 0.15) is 0 Å². The molecule has 0 amide bonds. The predicted octanol–water partition coefficient (Wildman–Crippen LogP) is 5.90. The summed E-state index contributed by atoms with van der Waals surface area (Å²) in [5.74, 6) is 0. The Bertz CT molecular complexity index is 588. The van der Waals surface area contributed by atoms with Crippen molar-refractivity contribution in [1.82, 2.24) is 0 Å². The van der Waals surface area contributed by atoms with Crippen molar-refractivity contribution in [2.75, 3.05) is 0 Å². The fourth-order valence-electron chi connectivity index (χ4n) is 2.52. The summed E-state index contributed by atoms with van der Waals surface area (Å²) in [6, 6.07) is 12.6. The van der Waals surface area contributed by atoms with Gasteiger partial charge in [0.2, 0.25) is 0 Å². The van der Waals surface area contributed by atoms with Crippen molar-refractivity contribution in [2.45, 2.75) is 39.5 Å². The lowest BCUT2D eigenvalue weighted by Gasteiger charge is -2.11. The van der Waals surface area contributed by atoms with E-state index in [1.807, 2.05) is 12.1 Å². The Morgan fingerprint density at radius 1 is 0.800 bits per heavy atom. The summed E-state index contributed by atoms with van der Waals surface area (Å²) in [6.07, 6.45) is 3.93. The third-order valence-corrected chi connectivity index (χ3v) is 4.46. The lowest BCUT2D eigenvalue weighted by molar-refractivity contribution is 0.929. The molecule has 106 valence electrons. The molecule has 0 aliphatic carbocycles. The highest BCUT2D eigenvalue weighted by Gasteiger charge is 2.07. The molecule has 0 aliphatic rings. The van der Waals surface area contributed by atoms with Crippen molar-refractivity contribution < 1.29 is 0 Å². The van der Waals surface area contributed by atoms with Crippen LogP contribution in [0.3, 0.4) is 0 Å². The van der Waals surface area contributed by atoms with E-state index in [2.05, 4.69) is 38.1 Å². The molecule has 0 nitrogen and oxygen atoms in total. The number of hydrogen-bond donors (Lipinski definition) is 0. The summed E-state index contributed by atoms with van der Waals surface area (Å²) in [7, 11) is 0. The maximum Gasteiger partial charge on any atom is 0.0440 e. The van der Waals surface area contributed by atoms with Crippen LogP contribution in [0.2, 0.25) is 10.0 Å². The van der Waals surface area contributed by atoms with Gasteiger partial charge in [0.15, 0.2) is 0 Å². The Labute approximate surface area is 131 Å². The van der Waals surface area contributed by atoms with Crippen LogP contribution in [-0.4, -0.2) is 0 Å². The van der Waals surface area contributed by atoms with E-state index in [4.69, 9.17) is 23.2 Å². The summed E-state index contributed by atoms with van der Waals surface area (Å²) in [5, 5.41) is 1.75. The molecule has 0 heterocycles. The van der Waals surface area contributed by atoms with Crippen molar-refractivity contribution in [1.29, 1.82) is 0 Å². The molecule has 0 aromatic heterocycles. The van der Waals surface area contributed by atoms with Crippen molar-refractivity contribution in [3.63, 3.8) is 0 Å². The van der Waals surface area contributed by atoms with Crippen molar-refractivity contribution in [2.24, 2.45) is 0 Å². The second-order valence-electron chi connectivity index (χ2n) is 5.01. The molecule has 2 aromatic carbocycles. The van der Waals surface area contributed by atoms with Gasteiger partial charge >= 0.3 is 0 Å². The quantitative estimate of drug-likeness (QED) is 0.645. The summed E-state index contributed by atoms with van der Waals surface area (Å²) < 4.78 is 0. The highest BCUT2D eigenvalue weighted by molar-refractivity contribution is 6.31. The SMILES string of the molecule is CCc1ccc(CCc2cccc(Cl)c2CC)c(Cl)c1. The second kappa shape index (κ2) is 7.15. The highest BCUT2D eigenvalue weighted by atomic mass is 35.5. The topological polar surface area (TPSA) is 0 Å². The molecule has 0 spiro atoms. The number of hydrogen-bond acceptors (Lipinski definition) is 0. The molecule has 0 saturated carbocycles. The van der Waals surface area contributed by atoms with Crippen LogP contribution < -0.4 is 0 Å². The number of rotatable bonds is 5. The first-order chi connectivity index (χ1) is 9.65. The van der Waals surface area contributed by atoms with Crippen LogP contribution in [0.4, 0.5) is 0 Å². The fraction of sp³-hybridized carbons (Fsp3) is 0.333. The molecule has 2 heteroatoms. The summed E-state index contributed by atoms with van der Waals surface area (Å²) in [6.45, 7) is 4.29. The maximum absolute atomic E-state index is 6.35. The van der Waals surface area contributed by atoms with Gasteiger partial charge in [-0.1, -0.05) is 61.3 Å². The molecule has 20 heavy (non-hydrogen) atoms.